The molecule has 86 valence electrons. The van der Waals surface area contributed by atoms with Gasteiger partial charge in [-0.2, -0.15) is 0 Å². The summed E-state index contributed by atoms with van der Waals surface area (Å²) >= 11 is 6.38. The first kappa shape index (κ1) is 9.98. The first-order chi connectivity index (χ1) is 8.74. The predicted octanol–water partition coefficient (Wildman–Crippen LogP) is 4.82. The second-order valence-electron chi connectivity index (χ2n) is 4.67. The van der Waals surface area contributed by atoms with Crippen molar-refractivity contribution < 1.29 is 0 Å². The minimum absolute atomic E-state index is 0.753. The Morgan fingerprint density at radius 3 is 2.39 bits per heavy atom. The number of halogens is 1. The van der Waals surface area contributed by atoms with Crippen LogP contribution in [0.5, 0.6) is 0 Å². The van der Waals surface area contributed by atoms with E-state index in [1.165, 1.54) is 21.5 Å². The van der Waals surface area contributed by atoms with E-state index in [4.69, 9.17) is 17.3 Å². The lowest BCUT2D eigenvalue weighted by molar-refractivity contribution is 1.76. The van der Waals surface area contributed by atoms with Gasteiger partial charge in [-0.1, -0.05) is 41.9 Å². The molecule has 0 unspecified atom stereocenters. The van der Waals surface area contributed by atoms with E-state index >= 15 is 0 Å². The van der Waals surface area contributed by atoms with Crippen LogP contribution in [0, 0.1) is 0 Å². The lowest BCUT2D eigenvalue weighted by atomic mass is 9.94. The van der Waals surface area contributed by atoms with Crippen molar-refractivity contribution in [3.05, 3.63) is 53.6 Å². The summed E-state index contributed by atoms with van der Waals surface area (Å²) in [5.74, 6) is 0. The fourth-order valence-corrected chi connectivity index (χ4v) is 3.08. The third-order valence-corrected chi connectivity index (χ3v) is 3.86. The Kier molecular flexibility index (Phi) is 1.81. The van der Waals surface area contributed by atoms with Crippen LogP contribution in [0.3, 0.4) is 0 Å². The maximum Gasteiger partial charge on any atom is 0.0491 e. The molecular formula is C16H10ClN. The molecule has 0 fully saturated rings. The summed E-state index contributed by atoms with van der Waals surface area (Å²) in [6, 6.07) is 16.5. The lowest BCUT2D eigenvalue weighted by Crippen LogP contribution is -1.89. The first-order valence-electron chi connectivity index (χ1n) is 5.86. The second kappa shape index (κ2) is 3.27. The normalized spacial score (nSPS) is 11.8. The zero-order valence-corrected chi connectivity index (χ0v) is 10.3. The van der Waals surface area contributed by atoms with Crippen LogP contribution >= 0.6 is 11.6 Å². The summed E-state index contributed by atoms with van der Waals surface area (Å²) in [5.41, 5.74) is 6.69. The number of anilines is 1. The van der Waals surface area contributed by atoms with Crippen LogP contribution in [-0.2, 0) is 0 Å². The van der Waals surface area contributed by atoms with Gasteiger partial charge in [0.1, 0.15) is 0 Å². The van der Waals surface area contributed by atoms with Gasteiger partial charge in [0.15, 0.2) is 0 Å². The number of nitrogen functional groups attached to an aromatic ring is 1. The van der Waals surface area contributed by atoms with E-state index in [0.717, 1.165) is 21.5 Å². The molecule has 0 saturated heterocycles. The number of rotatable bonds is 0. The molecule has 0 aliphatic carbocycles. The molecule has 2 N–H and O–H groups in total. The minimum atomic E-state index is 0.753. The topological polar surface area (TPSA) is 26.0 Å². The summed E-state index contributed by atoms with van der Waals surface area (Å²) in [7, 11) is 0. The largest absolute Gasteiger partial charge is 0.399 e. The Morgan fingerprint density at radius 2 is 1.50 bits per heavy atom. The van der Waals surface area contributed by atoms with Gasteiger partial charge in [0.05, 0.1) is 0 Å². The first-order valence-corrected chi connectivity index (χ1v) is 6.24. The Morgan fingerprint density at radius 1 is 0.778 bits per heavy atom. The average Bonchev–Trinajstić information content (AvgIpc) is 2.36. The highest BCUT2D eigenvalue weighted by Crippen LogP contribution is 2.39. The Balaban J connectivity index is 2.47. The molecule has 0 aliphatic rings. The monoisotopic (exact) mass is 251 g/mol. The lowest BCUT2D eigenvalue weighted by Gasteiger charge is -2.12. The highest BCUT2D eigenvalue weighted by molar-refractivity contribution is 6.40. The van der Waals surface area contributed by atoms with Crippen LogP contribution in [0.1, 0.15) is 0 Å². The van der Waals surface area contributed by atoms with Crippen molar-refractivity contribution in [3.63, 3.8) is 0 Å². The van der Waals surface area contributed by atoms with Gasteiger partial charge in [0, 0.05) is 16.1 Å². The van der Waals surface area contributed by atoms with Crippen molar-refractivity contribution in [1.82, 2.24) is 0 Å². The molecule has 0 heterocycles. The quantitative estimate of drug-likeness (QED) is 0.352. The van der Waals surface area contributed by atoms with Crippen LogP contribution in [0.2, 0.25) is 5.02 Å². The molecule has 0 saturated carbocycles. The van der Waals surface area contributed by atoms with Gasteiger partial charge >= 0.3 is 0 Å². The highest BCUT2D eigenvalue weighted by atomic mass is 35.5. The van der Waals surface area contributed by atoms with Crippen molar-refractivity contribution in [2.24, 2.45) is 0 Å². The van der Waals surface area contributed by atoms with Gasteiger partial charge in [-0.25, -0.2) is 0 Å². The summed E-state index contributed by atoms with van der Waals surface area (Å²) < 4.78 is 0. The number of hydrogen-bond acceptors (Lipinski definition) is 1. The molecule has 0 aliphatic heterocycles. The van der Waals surface area contributed by atoms with Crippen molar-refractivity contribution >= 4 is 49.6 Å². The molecule has 0 aromatic heterocycles. The SMILES string of the molecule is Nc1cc2ccc3cccc4cc(Cl)c(c1)c2c34. The maximum atomic E-state index is 6.38. The Hall–Kier alpha value is -1.99. The fourth-order valence-electron chi connectivity index (χ4n) is 2.82. The molecule has 0 bridgehead atoms. The van der Waals surface area contributed by atoms with E-state index in [2.05, 4.69) is 30.3 Å². The standard InChI is InChI=1S/C16H10ClN/c17-14-7-10-3-1-2-9-4-5-11-6-12(18)8-13(14)16(11)15(9)10/h1-8H,18H2. The third kappa shape index (κ3) is 1.17. The maximum absolute atomic E-state index is 6.38. The Bertz CT molecular complexity index is 896. The molecule has 2 heteroatoms. The van der Waals surface area contributed by atoms with Crippen LogP contribution < -0.4 is 5.73 Å². The molecular weight excluding hydrogens is 242 g/mol. The molecule has 18 heavy (non-hydrogen) atoms. The van der Waals surface area contributed by atoms with E-state index in [0.29, 0.717) is 0 Å². The average molecular weight is 252 g/mol. The van der Waals surface area contributed by atoms with Crippen molar-refractivity contribution in [2.45, 2.75) is 0 Å². The smallest absolute Gasteiger partial charge is 0.0491 e. The van der Waals surface area contributed by atoms with Gasteiger partial charge in [-0.15, -0.1) is 0 Å². The molecule has 0 spiro atoms. The Labute approximate surface area is 109 Å². The van der Waals surface area contributed by atoms with Gasteiger partial charge in [0.25, 0.3) is 0 Å². The summed E-state index contributed by atoms with van der Waals surface area (Å²) in [6.45, 7) is 0. The van der Waals surface area contributed by atoms with E-state index in [-0.39, 0.29) is 0 Å². The van der Waals surface area contributed by atoms with Crippen LogP contribution in [0.15, 0.2) is 48.5 Å². The molecule has 4 aromatic rings. The van der Waals surface area contributed by atoms with E-state index in [1.807, 2.05) is 18.2 Å². The molecule has 0 atom stereocenters. The molecule has 4 rings (SSSR count). The summed E-state index contributed by atoms with van der Waals surface area (Å²) in [6.07, 6.45) is 0. The zero-order valence-electron chi connectivity index (χ0n) is 9.57. The molecule has 0 radical (unpaired) electrons. The number of nitrogens with two attached hydrogens (primary N) is 1. The van der Waals surface area contributed by atoms with Crippen LogP contribution in [0.25, 0.3) is 32.3 Å². The van der Waals surface area contributed by atoms with E-state index in [9.17, 15) is 0 Å². The van der Waals surface area contributed by atoms with Crippen LogP contribution in [-0.4, -0.2) is 0 Å². The second-order valence-corrected chi connectivity index (χ2v) is 5.08. The van der Waals surface area contributed by atoms with Gasteiger partial charge in [0.2, 0.25) is 0 Å². The van der Waals surface area contributed by atoms with Gasteiger partial charge < -0.3 is 5.73 Å². The molecule has 0 amide bonds. The fraction of sp³-hybridized carbons (Fsp3) is 0. The van der Waals surface area contributed by atoms with Crippen molar-refractivity contribution in [2.75, 3.05) is 5.73 Å². The minimum Gasteiger partial charge on any atom is -0.399 e. The van der Waals surface area contributed by atoms with E-state index in [1.54, 1.807) is 0 Å². The molecule has 4 aromatic carbocycles. The number of hydrogen-bond donors (Lipinski definition) is 1. The summed E-state index contributed by atoms with van der Waals surface area (Å²) in [5, 5.41) is 7.86. The highest BCUT2D eigenvalue weighted by Gasteiger charge is 2.11. The van der Waals surface area contributed by atoms with Gasteiger partial charge in [-0.3, -0.25) is 0 Å². The van der Waals surface area contributed by atoms with Crippen LogP contribution in [0.4, 0.5) is 5.69 Å². The summed E-state index contributed by atoms with van der Waals surface area (Å²) in [4.78, 5) is 0. The van der Waals surface area contributed by atoms with E-state index < -0.39 is 0 Å². The predicted molar refractivity (Wildman–Crippen MR) is 79.6 cm³/mol. The van der Waals surface area contributed by atoms with Crippen molar-refractivity contribution in [3.8, 4) is 0 Å². The van der Waals surface area contributed by atoms with Gasteiger partial charge in [-0.05, 0) is 45.1 Å². The number of benzene rings is 4. The third-order valence-electron chi connectivity index (χ3n) is 3.55. The zero-order chi connectivity index (χ0) is 12.3. The van der Waals surface area contributed by atoms with Crippen molar-refractivity contribution in [1.29, 1.82) is 0 Å². The molecule has 1 nitrogen and oxygen atoms in total.